The van der Waals surface area contributed by atoms with Gasteiger partial charge in [0.15, 0.2) is 0 Å². The van der Waals surface area contributed by atoms with E-state index < -0.39 is 5.97 Å². The maximum atomic E-state index is 12.0. The minimum absolute atomic E-state index is 0.0824. The highest BCUT2D eigenvalue weighted by Gasteiger charge is 2.28. The molecule has 5 nitrogen and oxygen atoms in total. The maximum absolute atomic E-state index is 12.0. The molecule has 0 saturated heterocycles. The highest BCUT2D eigenvalue weighted by Crippen LogP contribution is 2.29. The lowest BCUT2D eigenvalue weighted by molar-refractivity contribution is -0.135. The van der Waals surface area contributed by atoms with Gasteiger partial charge in [-0.3, -0.25) is 9.59 Å². The monoisotopic (exact) mass is 260 g/mol. The SMILES string of the molecule is Cc1cc(C)c(N2N=C(CC(=O)O)CC2=O)c(C)c1. The second kappa shape index (κ2) is 4.84. The first-order chi connectivity index (χ1) is 8.88. The van der Waals surface area contributed by atoms with Crippen LogP contribution in [0.15, 0.2) is 17.2 Å². The van der Waals surface area contributed by atoms with Crippen molar-refractivity contribution in [3.8, 4) is 0 Å². The second-order valence-electron chi connectivity index (χ2n) is 4.87. The molecule has 1 aliphatic rings. The van der Waals surface area contributed by atoms with Crippen molar-refractivity contribution in [2.75, 3.05) is 5.01 Å². The molecule has 100 valence electrons. The summed E-state index contributed by atoms with van der Waals surface area (Å²) in [5.74, 6) is -1.14. The summed E-state index contributed by atoms with van der Waals surface area (Å²) in [7, 11) is 0. The van der Waals surface area contributed by atoms with Crippen LogP contribution >= 0.6 is 0 Å². The number of nitrogens with zero attached hydrogens (tertiary/aromatic N) is 2. The summed E-state index contributed by atoms with van der Waals surface area (Å²) in [5, 5.41) is 14.2. The van der Waals surface area contributed by atoms with Gasteiger partial charge >= 0.3 is 5.97 Å². The molecule has 0 spiro atoms. The summed E-state index contributed by atoms with van der Waals surface area (Å²) < 4.78 is 0. The Balaban J connectivity index is 2.39. The standard InChI is InChI=1S/C14H16N2O3/c1-8-4-9(2)14(10(3)5-8)16-12(17)6-11(15-16)7-13(18)19/h4-5H,6-7H2,1-3H3,(H,18,19). The van der Waals surface area contributed by atoms with Crippen LogP contribution in [0.4, 0.5) is 5.69 Å². The summed E-state index contributed by atoms with van der Waals surface area (Å²) in [5.41, 5.74) is 4.21. The molecule has 0 aliphatic carbocycles. The number of hydrazone groups is 1. The largest absolute Gasteiger partial charge is 0.481 e. The molecule has 1 aromatic rings. The van der Waals surface area contributed by atoms with Crippen LogP contribution in [-0.2, 0) is 9.59 Å². The minimum Gasteiger partial charge on any atom is -0.481 e. The molecule has 0 saturated carbocycles. The zero-order valence-electron chi connectivity index (χ0n) is 11.2. The number of anilines is 1. The number of aliphatic carboxylic acids is 1. The van der Waals surface area contributed by atoms with Gasteiger partial charge in [0.25, 0.3) is 5.91 Å². The van der Waals surface area contributed by atoms with Crippen LogP contribution < -0.4 is 5.01 Å². The van der Waals surface area contributed by atoms with Gasteiger partial charge in [0.05, 0.1) is 24.2 Å². The number of benzene rings is 1. The van der Waals surface area contributed by atoms with Crippen molar-refractivity contribution in [1.29, 1.82) is 0 Å². The van der Waals surface area contributed by atoms with E-state index in [4.69, 9.17) is 5.11 Å². The smallest absolute Gasteiger partial charge is 0.309 e. The number of carboxylic acid groups (broad SMARTS) is 1. The first-order valence-corrected chi connectivity index (χ1v) is 6.07. The summed E-state index contributed by atoms with van der Waals surface area (Å²) in [6.45, 7) is 5.84. The zero-order chi connectivity index (χ0) is 14.2. The highest BCUT2D eigenvalue weighted by atomic mass is 16.4. The van der Waals surface area contributed by atoms with Gasteiger partial charge in [-0.15, -0.1) is 0 Å². The fourth-order valence-electron chi connectivity index (χ4n) is 2.44. The van der Waals surface area contributed by atoms with Crippen LogP contribution in [0, 0.1) is 20.8 Å². The van der Waals surface area contributed by atoms with Crippen LogP contribution in [0.3, 0.4) is 0 Å². The predicted molar refractivity (Wildman–Crippen MR) is 72.4 cm³/mol. The molecule has 5 heteroatoms. The molecule has 1 amide bonds. The first kappa shape index (κ1) is 13.3. The molecule has 1 N–H and O–H groups in total. The van der Waals surface area contributed by atoms with Gasteiger partial charge < -0.3 is 5.11 Å². The van der Waals surface area contributed by atoms with Gasteiger partial charge in [0.2, 0.25) is 0 Å². The van der Waals surface area contributed by atoms with Gasteiger partial charge in [-0.25, -0.2) is 0 Å². The van der Waals surface area contributed by atoms with Crippen molar-refractivity contribution in [2.24, 2.45) is 5.10 Å². The minimum atomic E-state index is -0.967. The van der Waals surface area contributed by atoms with Crippen molar-refractivity contribution < 1.29 is 14.7 Å². The number of aryl methyl sites for hydroxylation is 3. The molecule has 19 heavy (non-hydrogen) atoms. The molecule has 1 aromatic carbocycles. The Bertz CT molecular complexity index is 567. The van der Waals surface area contributed by atoms with Crippen LogP contribution in [0.1, 0.15) is 29.5 Å². The van der Waals surface area contributed by atoms with E-state index >= 15 is 0 Å². The van der Waals surface area contributed by atoms with Crippen LogP contribution in [-0.4, -0.2) is 22.7 Å². The van der Waals surface area contributed by atoms with E-state index in [-0.39, 0.29) is 18.7 Å². The van der Waals surface area contributed by atoms with Gasteiger partial charge in [-0.2, -0.15) is 10.1 Å². The van der Waals surface area contributed by atoms with Crippen LogP contribution in [0.5, 0.6) is 0 Å². The zero-order valence-corrected chi connectivity index (χ0v) is 11.2. The molecule has 0 bridgehead atoms. The lowest BCUT2D eigenvalue weighted by Crippen LogP contribution is -2.21. The van der Waals surface area contributed by atoms with Gasteiger partial charge in [0, 0.05) is 0 Å². The summed E-state index contributed by atoms with van der Waals surface area (Å²) in [6.07, 6.45) is -0.106. The lowest BCUT2D eigenvalue weighted by atomic mass is 10.0. The highest BCUT2D eigenvalue weighted by molar-refractivity contribution is 6.16. The maximum Gasteiger partial charge on any atom is 0.309 e. The van der Waals surface area contributed by atoms with E-state index in [9.17, 15) is 9.59 Å². The summed E-state index contributed by atoms with van der Waals surface area (Å²) >= 11 is 0. The van der Waals surface area contributed by atoms with E-state index in [1.807, 2.05) is 32.9 Å². The lowest BCUT2D eigenvalue weighted by Gasteiger charge is -2.18. The van der Waals surface area contributed by atoms with Crippen molar-refractivity contribution in [3.63, 3.8) is 0 Å². The third kappa shape index (κ3) is 2.65. The molecule has 2 rings (SSSR count). The Morgan fingerprint density at radius 3 is 2.42 bits per heavy atom. The van der Waals surface area contributed by atoms with Gasteiger partial charge in [0.1, 0.15) is 0 Å². The Morgan fingerprint density at radius 2 is 1.89 bits per heavy atom. The summed E-state index contributed by atoms with van der Waals surface area (Å²) in [4.78, 5) is 22.6. The third-order valence-electron chi connectivity index (χ3n) is 3.04. The van der Waals surface area contributed by atoms with E-state index in [1.165, 1.54) is 5.01 Å². The third-order valence-corrected chi connectivity index (χ3v) is 3.04. The number of amides is 1. The molecule has 0 atom stereocenters. The van der Waals surface area contributed by atoms with Crippen molar-refractivity contribution in [3.05, 3.63) is 28.8 Å². The number of hydrogen-bond donors (Lipinski definition) is 1. The second-order valence-corrected chi connectivity index (χ2v) is 4.87. The average molecular weight is 260 g/mol. The Morgan fingerprint density at radius 1 is 1.32 bits per heavy atom. The van der Waals surface area contributed by atoms with Crippen molar-refractivity contribution >= 4 is 23.3 Å². The van der Waals surface area contributed by atoms with E-state index in [1.54, 1.807) is 0 Å². The quantitative estimate of drug-likeness (QED) is 0.905. The summed E-state index contributed by atoms with van der Waals surface area (Å²) in [6, 6.07) is 3.97. The Labute approximate surface area is 111 Å². The fraction of sp³-hybridized carbons (Fsp3) is 0.357. The van der Waals surface area contributed by atoms with Crippen LogP contribution in [0.25, 0.3) is 0 Å². The molecule has 0 aromatic heterocycles. The Hall–Kier alpha value is -2.17. The van der Waals surface area contributed by atoms with Crippen LogP contribution in [0.2, 0.25) is 0 Å². The van der Waals surface area contributed by atoms with Crippen molar-refractivity contribution in [2.45, 2.75) is 33.6 Å². The van der Waals surface area contributed by atoms with E-state index in [0.717, 1.165) is 22.4 Å². The predicted octanol–water partition coefficient (Wildman–Crippen LogP) is 2.18. The molecule has 0 radical (unpaired) electrons. The molecular weight excluding hydrogens is 244 g/mol. The Kier molecular flexibility index (Phi) is 3.38. The number of hydrogen-bond acceptors (Lipinski definition) is 3. The number of carbonyl (C=O) groups excluding carboxylic acids is 1. The normalized spacial score (nSPS) is 14.8. The van der Waals surface area contributed by atoms with Crippen molar-refractivity contribution in [1.82, 2.24) is 0 Å². The van der Waals surface area contributed by atoms with E-state index in [2.05, 4.69) is 5.10 Å². The first-order valence-electron chi connectivity index (χ1n) is 6.07. The van der Waals surface area contributed by atoms with Gasteiger partial charge in [-0.05, 0) is 31.9 Å². The number of carboxylic acids is 1. The molecular formula is C14H16N2O3. The number of carbonyl (C=O) groups is 2. The fourth-order valence-corrected chi connectivity index (χ4v) is 2.44. The van der Waals surface area contributed by atoms with Gasteiger partial charge in [-0.1, -0.05) is 17.7 Å². The molecule has 1 heterocycles. The molecule has 1 aliphatic heterocycles. The average Bonchev–Trinajstić information content (AvgIpc) is 2.57. The van der Waals surface area contributed by atoms with E-state index in [0.29, 0.717) is 5.71 Å². The number of rotatable bonds is 3. The molecule has 0 unspecified atom stereocenters. The molecule has 0 fully saturated rings. The topological polar surface area (TPSA) is 70.0 Å².